The van der Waals surface area contributed by atoms with Crippen LogP contribution < -0.4 is 10.1 Å². The highest BCUT2D eigenvalue weighted by Crippen LogP contribution is 2.31. The average molecular weight is 461 g/mol. The number of nitrogens with one attached hydrogen (secondary N) is 1. The predicted octanol–water partition coefficient (Wildman–Crippen LogP) is 5.15. The first-order valence-electron chi connectivity index (χ1n) is 11.1. The number of carboxylic acid groups (broad SMARTS) is 1. The monoisotopic (exact) mass is 461 g/mol. The molecular formula is C25H24FN5O3. The average Bonchev–Trinajstić information content (AvgIpc) is 3.27. The third kappa shape index (κ3) is 4.24. The summed E-state index contributed by atoms with van der Waals surface area (Å²) in [7, 11) is 1.50. The standard InChI is InChI=1S/C25H24FN5O3/c1-34-19-8-9-20(22(26)15-19)21-3-2-12-31-23(21)28-24(29-31)27-18-6-4-16(5-7-18)17-10-13-30(14-11-17)25(32)33/h2-9,12,15,17H,10-11,13-14H2,1H3,(H,27,29)(H,32,33). The maximum absolute atomic E-state index is 14.7. The van der Waals surface area contributed by atoms with Gasteiger partial charge in [0, 0.05) is 42.2 Å². The van der Waals surface area contributed by atoms with Crippen LogP contribution in [-0.4, -0.2) is 50.9 Å². The Bertz CT molecular complexity index is 1330. The number of amides is 1. The molecule has 0 unspecified atom stereocenters. The van der Waals surface area contributed by atoms with Gasteiger partial charge in [0.1, 0.15) is 11.6 Å². The number of piperidine rings is 1. The summed E-state index contributed by atoms with van der Waals surface area (Å²) in [5.74, 6) is 0.812. The molecule has 2 N–H and O–H groups in total. The van der Waals surface area contributed by atoms with Gasteiger partial charge >= 0.3 is 6.09 Å². The number of anilines is 2. The van der Waals surface area contributed by atoms with Crippen molar-refractivity contribution in [3.8, 4) is 16.9 Å². The van der Waals surface area contributed by atoms with E-state index in [9.17, 15) is 9.18 Å². The summed E-state index contributed by atoms with van der Waals surface area (Å²) in [6.07, 6.45) is 2.55. The second-order valence-electron chi connectivity index (χ2n) is 8.26. The number of aromatic nitrogens is 3. The van der Waals surface area contributed by atoms with Gasteiger partial charge in [0.05, 0.1) is 7.11 Å². The number of nitrogens with zero attached hydrogens (tertiary/aromatic N) is 4. The van der Waals surface area contributed by atoms with Gasteiger partial charge in [-0.25, -0.2) is 13.7 Å². The van der Waals surface area contributed by atoms with E-state index in [1.807, 2.05) is 18.2 Å². The Morgan fingerprint density at radius 3 is 2.56 bits per heavy atom. The van der Waals surface area contributed by atoms with Crippen LogP contribution in [0, 0.1) is 5.82 Å². The van der Waals surface area contributed by atoms with Crippen molar-refractivity contribution in [2.45, 2.75) is 18.8 Å². The smallest absolute Gasteiger partial charge is 0.407 e. The van der Waals surface area contributed by atoms with E-state index >= 15 is 0 Å². The van der Waals surface area contributed by atoms with E-state index < -0.39 is 11.9 Å². The van der Waals surface area contributed by atoms with Crippen LogP contribution in [0.2, 0.25) is 0 Å². The lowest BCUT2D eigenvalue weighted by atomic mass is 9.89. The fourth-order valence-corrected chi connectivity index (χ4v) is 4.38. The Balaban J connectivity index is 1.34. The van der Waals surface area contributed by atoms with Crippen LogP contribution in [0.15, 0.2) is 60.8 Å². The van der Waals surface area contributed by atoms with Crippen LogP contribution in [0.5, 0.6) is 5.75 Å². The van der Waals surface area contributed by atoms with E-state index in [1.54, 1.807) is 28.9 Å². The molecule has 0 saturated carbocycles. The molecule has 1 aliphatic rings. The third-order valence-electron chi connectivity index (χ3n) is 6.23. The molecule has 8 nitrogen and oxygen atoms in total. The predicted molar refractivity (Wildman–Crippen MR) is 126 cm³/mol. The highest BCUT2D eigenvalue weighted by atomic mass is 19.1. The number of pyridine rings is 1. The molecule has 1 saturated heterocycles. The van der Waals surface area contributed by atoms with Crippen molar-refractivity contribution >= 4 is 23.4 Å². The number of methoxy groups -OCH3 is 1. The van der Waals surface area contributed by atoms with E-state index in [-0.39, 0.29) is 0 Å². The van der Waals surface area contributed by atoms with Gasteiger partial charge in [-0.3, -0.25) is 0 Å². The molecule has 1 fully saturated rings. The van der Waals surface area contributed by atoms with Crippen molar-refractivity contribution in [2.24, 2.45) is 0 Å². The molecule has 0 radical (unpaired) electrons. The van der Waals surface area contributed by atoms with Crippen molar-refractivity contribution in [2.75, 3.05) is 25.5 Å². The van der Waals surface area contributed by atoms with Crippen LogP contribution in [0.1, 0.15) is 24.3 Å². The SMILES string of the molecule is COc1ccc(-c2cccn3nc(Nc4ccc(C5CCN(C(=O)O)CC5)cc4)nc23)c(F)c1. The van der Waals surface area contributed by atoms with E-state index in [4.69, 9.17) is 9.84 Å². The summed E-state index contributed by atoms with van der Waals surface area (Å²) in [6, 6.07) is 16.4. The first-order valence-corrected chi connectivity index (χ1v) is 11.1. The number of benzene rings is 2. The summed E-state index contributed by atoms with van der Waals surface area (Å²) >= 11 is 0. The molecule has 34 heavy (non-hydrogen) atoms. The van der Waals surface area contributed by atoms with Gasteiger partial charge < -0.3 is 20.1 Å². The number of hydrogen-bond acceptors (Lipinski definition) is 5. The number of hydrogen-bond donors (Lipinski definition) is 2. The fraction of sp³-hybridized carbons (Fsp3) is 0.240. The summed E-state index contributed by atoms with van der Waals surface area (Å²) in [5.41, 5.74) is 3.61. The molecule has 9 heteroatoms. The largest absolute Gasteiger partial charge is 0.497 e. The Morgan fingerprint density at radius 2 is 1.88 bits per heavy atom. The van der Waals surface area contributed by atoms with Gasteiger partial charge in [-0.15, -0.1) is 5.10 Å². The summed E-state index contributed by atoms with van der Waals surface area (Å²) in [6.45, 7) is 1.12. The molecule has 4 aromatic rings. The molecule has 2 aromatic carbocycles. The lowest BCUT2D eigenvalue weighted by Crippen LogP contribution is -2.36. The molecular weight excluding hydrogens is 437 g/mol. The summed E-state index contributed by atoms with van der Waals surface area (Å²) < 4.78 is 21.4. The normalized spacial score (nSPS) is 14.4. The molecule has 5 rings (SSSR count). The molecule has 3 heterocycles. The van der Waals surface area contributed by atoms with Gasteiger partial charge in [-0.05, 0) is 60.7 Å². The second-order valence-corrected chi connectivity index (χ2v) is 8.26. The number of carbonyl (C=O) groups is 1. The molecule has 0 aliphatic carbocycles. The lowest BCUT2D eigenvalue weighted by Gasteiger charge is -2.30. The van der Waals surface area contributed by atoms with E-state index in [0.29, 0.717) is 47.5 Å². The maximum Gasteiger partial charge on any atom is 0.407 e. The zero-order valence-electron chi connectivity index (χ0n) is 18.6. The van der Waals surface area contributed by atoms with E-state index in [2.05, 4.69) is 27.5 Å². The number of halogens is 1. The van der Waals surface area contributed by atoms with Crippen LogP contribution in [0.25, 0.3) is 16.8 Å². The van der Waals surface area contributed by atoms with Crippen LogP contribution in [-0.2, 0) is 0 Å². The van der Waals surface area contributed by atoms with E-state index in [0.717, 1.165) is 18.5 Å². The minimum atomic E-state index is -0.851. The minimum absolute atomic E-state index is 0.347. The quantitative estimate of drug-likeness (QED) is 0.427. The lowest BCUT2D eigenvalue weighted by molar-refractivity contribution is 0.132. The second kappa shape index (κ2) is 9.01. The van der Waals surface area contributed by atoms with Crippen LogP contribution >= 0.6 is 0 Å². The Kier molecular flexibility index (Phi) is 5.75. The maximum atomic E-state index is 14.7. The number of ether oxygens (including phenoxy) is 1. The van der Waals surface area contributed by atoms with Crippen molar-refractivity contribution in [1.29, 1.82) is 0 Å². The van der Waals surface area contributed by atoms with Crippen LogP contribution in [0.4, 0.5) is 20.8 Å². The summed E-state index contributed by atoms with van der Waals surface area (Å²) in [4.78, 5) is 17.2. The molecule has 0 bridgehead atoms. The Morgan fingerprint density at radius 1 is 1.12 bits per heavy atom. The number of rotatable bonds is 5. The number of fused-ring (bicyclic) bond motifs is 1. The first-order chi connectivity index (χ1) is 16.5. The summed E-state index contributed by atoms with van der Waals surface area (Å²) in [5, 5.41) is 16.8. The van der Waals surface area contributed by atoms with Gasteiger partial charge in [-0.1, -0.05) is 12.1 Å². The van der Waals surface area contributed by atoms with Gasteiger partial charge in [0.2, 0.25) is 5.95 Å². The molecule has 2 aromatic heterocycles. The molecule has 0 atom stereocenters. The third-order valence-corrected chi connectivity index (χ3v) is 6.23. The zero-order valence-corrected chi connectivity index (χ0v) is 18.6. The Hall–Kier alpha value is -4.14. The Labute approximate surface area is 195 Å². The molecule has 1 amide bonds. The minimum Gasteiger partial charge on any atom is -0.497 e. The van der Waals surface area contributed by atoms with Gasteiger partial charge in [-0.2, -0.15) is 4.98 Å². The topological polar surface area (TPSA) is 92.0 Å². The first kappa shape index (κ1) is 21.7. The molecule has 0 spiro atoms. The molecule has 1 aliphatic heterocycles. The van der Waals surface area contributed by atoms with Crippen LogP contribution in [0.3, 0.4) is 0 Å². The number of likely N-dealkylation sites (tertiary alicyclic amines) is 1. The van der Waals surface area contributed by atoms with Crippen molar-refractivity contribution in [3.63, 3.8) is 0 Å². The fourth-order valence-electron chi connectivity index (χ4n) is 4.38. The highest BCUT2D eigenvalue weighted by Gasteiger charge is 2.23. The molecule has 174 valence electrons. The zero-order chi connectivity index (χ0) is 23.7. The van der Waals surface area contributed by atoms with Crippen molar-refractivity contribution < 1.29 is 19.0 Å². The van der Waals surface area contributed by atoms with Crippen molar-refractivity contribution in [1.82, 2.24) is 19.5 Å². The van der Waals surface area contributed by atoms with Crippen molar-refractivity contribution in [3.05, 3.63) is 72.2 Å². The highest BCUT2D eigenvalue weighted by molar-refractivity contribution is 5.79. The van der Waals surface area contributed by atoms with Gasteiger partial charge in [0.15, 0.2) is 5.65 Å². The van der Waals surface area contributed by atoms with E-state index in [1.165, 1.54) is 23.6 Å². The van der Waals surface area contributed by atoms with Gasteiger partial charge in [0.25, 0.3) is 0 Å².